The SMILES string of the molecule is COc1ccc(CNC(=O)c2cccc(C(=O)N3CCCCC3)n2)cc1. The lowest BCUT2D eigenvalue weighted by Gasteiger charge is -2.26. The summed E-state index contributed by atoms with van der Waals surface area (Å²) in [6.45, 7) is 1.90. The van der Waals surface area contributed by atoms with Gasteiger partial charge in [-0.1, -0.05) is 18.2 Å². The van der Waals surface area contributed by atoms with Crippen molar-refractivity contribution < 1.29 is 14.3 Å². The highest BCUT2D eigenvalue weighted by Gasteiger charge is 2.20. The van der Waals surface area contributed by atoms with Gasteiger partial charge in [0.15, 0.2) is 0 Å². The van der Waals surface area contributed by atoms with Gasteiger partial charge in [-0.05, 0) is 49.1 Å². The van der Waals surface area contributed by atoms with E-state index < -0.39 is 0 Å². The molecule has 1 N–H and O–H groups in total. The number of hydrogen-bond donors (Lipinski definition) is 1. The van der Waals surface area contributed by atoms with Gasteiger partial charge in [0.05, 0.1) is 7.11 Å². The maximum Gasteiger partial charge on any atom is 0.272 e. The molecule has 1 aliphatic rings. The number of rotatable bonds is 5. The Balaban J connectivity index is 1.62. The van der Waals surface area contributed by atoms with Gasteiger partial charge in [0.1, 0.15) is 17.1 Å². The third-order valence-electron chi connectivity index (χ3n) is 4.46. The maximum absolute atomic E-state index is 12.5. The Morgan fingerprint density at radius 2 is 1.73 bits per heavy atom. The van der Waals surface area contributed by atoms with Gasteiger partial charge in [-0.25, -0.2) is 4.98 Å². The summed E-state index contributed by atoms with van der Waals surface area (Å²) in [6.07, 6.45) is 3.20. The number of likely N-dealkylation sites (tertiary alicyclic amines) is 1. The molecule has 6 heteroatoms. The molecule has 0 unspecified atom stereocenters. The van der Waals surface area contributed by atoms with Crippen LogP contribution in [0.3, 0.4) is 0 Å². The molecule has 1 fully saturated rings. The fourth-order valence-electron chi connectivity index (χ4n) is 2.96. The van der Waals surface area contributed by atoms with Gasteiger partial charge in [0, 0.05) is 19.6 Å². The van der Waals surface area contributed by atoms with Gasteiger partial charge in [0.2, 0.25) is 0 Å². The monoisotopic (exact) mass is 353 g/mol. The van der Waals surface area contributed by atoms with Crippen molar-refractivity contribution in [1.29, 1.82) is 0 Å². The number of methoxy groups -OCH3 is 1. The van der Waals surface area contributed by atoms with Crippen LogP contribution in [0.25, 0.3) is 0 Å². The van der Waals surface area contributed by atoms with Crippen LogP contribution < -0.4 is 10.1 Å². The number of benzene rings is 1. The topological polar surface area (TPSA) is 71.5 Å². The fourth-order valence-corrected chi connectivity index (χ4v) is 2.96. The molecule has 0 aliphatic carbocycles. The average Bonchev–Trinajstić information content (AvgIpc) is 2.72. The number of amides is 2. The smallest absolute Gasteiger partial charge is 0.272 e. The quantitative estimate of drug-likeness (QED) is 0.897. The Morgan fingerprint density at radius 1 is 1.04 bits per heavy atom. The molecule has 2 aromatic rings. The van der Waals surface area contributed by atoms with E-state index in [1.165, 1.54) is 0 Å². The molecule has 26 heavy (non-hydrogen) atoms. The second kappa shape index (κ2) is 8.47. The fraction of sp³-hybridized carbons (Fsp3) is 0.350. The molecule has 0 atom stereocenters. The van der Waals surface area contributed by atoms with E-state index in [-0.39, 0.29) is 17.5 Å². The third kappa shape index (κ3) is 4.39. The number of nitrogens with zero attached hydrogens (tertiary/aromatic N) is 2. The molecule has 1 saturated heterocycles. The van der Waals surface area contributed by atoms with E-state index in [1.807, 2.05) is 29.2 Å². The van der Waals surface area contributed by atoms with E-state index in [1.54, 1.807) is 25.3 Å². The summed E-state index contributed by atoms with van der Waals surface area (Å²) < 4.78 is 5.12. The van der Waals surface area contributed by atoms with Gasteiger partial charge < -0.3 is 15.0 Å². The molecule has 136 valence electrons. The second-order valence-corrected chi connectivity index (χ2v) is 6.29. The minimum Gasteiger partial charge on any atom is -0.497 e. The van der Waals surface area contributed by atoms with E-state index >= 15 is 0 Å². The lowest BCUT2D eigenvalue weighted by atomic mass is 10.1. The van der Waals surface area contributed by atoms with Crippen LogP contribution in [0.2, 0.25) is 0 Å². The van der Waals surface area contributed by atoms with Crippen molar-refractivity contribution in [3.63, 3.8) is 0 Å². The van der Waals surface area contributed by atoms with Gasteiger partial charge in [-0.15, -0.1) is 0 Å². The molecule has 0 saturated carbocycles. The molecule has 1 aliphatic heterocycles. The van der Waals surface area contributed by atoms with Gasteiger partial charge >= 0.3 is 0 Å². The summed E-state index contributed by atoms with van der Waals surface area (Å²) in [5.74, 6) is 0.370. The van der Waals surface area contributed by atoms with Crippen LogP contribution in [0.5, 0.6) is 5.75 Å². The minimum atomic E-state index is -0.297. The molecule has 3 rings (SSSR count). The van der Waals surface area contributed by atoms with Crippen LogP contribution in [-0.2, 0) is 6.54 Å². The number of carbonyl (C=O) groups excluding carboxylic acids is 2. The lowest BCUT2D eigenvalue weighted by molar-refractivity contribution is 0.0718. The zero-order chi connectivity index (χ0) is 18.4. The Hall–Kier alpha value is -2.89. The van der Waals surface area contributed by atoms with Crippen molar-refractivity contribution >= 4 is 11.8 Å². The molecule has 0 bridgehead atoms. The predicted molar refractivity (Wildman–Crippen MR) is 98.2 cm³/mol. The lowest BCUT2D eigenvalue weighted by Crippen LogP contribution is -2.36. The first-order chi connectivity index (χ1) is 12.7. The first-order valence-corrected chi connectivity index (χ1v) is 8.85. The van der Waals surface area contributed by atoms with E-state index in [9.17, 15) is 9.59 Å². The number of ether oxygens (including phenoxy) is 1. The van der Waals surface area contributed by atoms with Gasteiger partial charge in [-0.2, -0.15) is 0 Å². The Labute approximate surface area is 153 Å². The van der Waals surface area contributed by atoms with Crippen molar-refractivity contribution in [3.05, 3.63) is 59.4 Å². The molecule has 0 radical (unpaired) electrons. The van der Waals surface area contributed by atoms with Crippen molar-refractivity contribution in [2.75, 3.05) is 20.2 Å². The van der Waals surface area contributed by atoms with Crippen LogP contribution in [0.15, 0.2) is 42.5 Å². The minimum absolute atomic E-state index is 0.102. The summed E-state index contributed by atoms with van der Waals surface area (Å²) in [5.41, 5.74) is 1.53. The normalized spacial score (nSPS) is 14.0. The highest BCUT2D eigenvalue weighted by atomic mass is 16.5. The summed E-state index contributed by atoms with van der Waals surface area (Å²) in [6, 6.07) is 12.5. The summed E-state index contributed by atoms with van der Waals surface area (Å²) in [4.78, 5) is 31.0. The molecule has 1 aromatic heterocycles. The van der Waals surface area contributed by atoms with Crippen LogP contribution in [0.1, 0.15) is 45.8 Å². The molecular weight excluding hydrogens is 330 g/mol. The Bertz CT molecular complexity index is 768. The van der Waals surface area contributed by atoms with Crippen molar-refractivity contribution in [2.24, 2.45) is 0 Å². The summed E-state index contributed by atoms with van der Waals surface area (Å²) >= 11 is 0. The van der Waals surface area contributed by atoms with E-state index in [4.69, 9.17) is 4.74 Å². The second-order valence-electron chi connectivity index (χ2n) is 6.29. The Morgan fingerprint density at radius 3 is 2.42 bits per heavy atom. The van der Waals surface area contributed by atoms with Crippen molar-refractivity contribution in [3.8, 4) is 5.75 Å². The largest absolute Gasteiger partial charge is 0.497 e. The number of nitrogens with one attached hydrogen (secondary N) is 1. The summed E-state index contributed by atoms with van der Waals surface area (Å²) in [7, 11) is 1.61. The van der Waals surface area contributed by atoms with E-state index in [0.717, 1.165) is 43.7 Å². The molecule has 2 heterocycles. The van der Waals surface area contributed by atoms with Crippen molar-refractivity contribution in [2.45, 2.75) is 25.8 Å². The number of piperidine rings is 1. The molecular formula is C20H23N3O3. The van der Waals surface area contributed by atoms with Crippen LogP contribution in [-0.4, -0.2) is 41.9 Å². The number of aromatic nitrogens is 1. The molecule has 6 nitrogen and oxygen atoms in total. The van der Waals surface area contributed by atoms with Crippen LogP contribution in [0.4, 0.5) is 0 Å². The van der Waals surface area contributed by atoms with E-state index in [2.05, 4.69) is 10.3 Å². The maximum atomic E-state index is 12.5. The molecule has 1 aromatic carbocycles. The highest BCUT2D eigenvalue weighted by Crippen LogP contribution is 2.13. The first-order valence-electron chi connectivity index (χ1n) is 8.85. The Kier molecular flexibility index (Phi) is 5.84. The zero-order valence-corrected chi connectivity index (χ0v) is 14.9. The van der Waals surface area contributed by atoms with Gasteiger partial charge in [-0.3, -0.25) is 9.59 Å². The van der Waals surface area contributed by atoms with Crippen LogP contribution >= 0.6 is 0 Å². The standard InChI is InChI=1S/C20H23N3O3/c1-26-16-10-8-15(9-11-16)14-21-19(24)17-6-5-7-18(22-17)20(25)23-12-3-2-4-13-23/h5-11H,2-4,12-14H2,1H3,(H,21,24). The average molecular weight is 353 g/mol. The summed E-state index contributed by atoms with van der Waals surface area (Å²) in [5, 5.41) is 2.83. The zero-order valence-electron chi connectivity index (χ0n) is 14.9. The van der Waals surface area contributed by atoms with Crippen molar-refractivity contribution in [1.82, 2.24) is 15.2 Å². The number of hydrogen-bond acceptors (Lipinski definition) is 4. The predicted octanol–water partition coefficient (Wildman–Crippen LogP) is 2.65. The number of pyridine rings is 1. The highest BCUT2D eigenvalue weighted by molar-refractivity contribution is 5.96. The number of carbonyl (C=O) groups is 2. The van der Waals surface area contributed by atoms with Gasteiger partial charge in [0.25, 0.3) is 11.8 Å². The van der Waals surface area contributed by atoms with E-state index in [0.29, 0.717) is 12.2 Å². The molecule has 0 spiro atoms. The molecule has 2 amide bonds. The van der Waals surface area contributed by atoms with Crippen LogP contribution in [0, 0.1) is 0 Å². The third-order valence-corrected chi connectivity index (χ3v) is 4.46. The first kappa shape index (κ1) is 17.9.